The van der Waals surface area contributed by atoms with Crippen LogP contribution in [0.2, 0.25) is 0 Å². The Kier molecular flexibility index (Phi) is 6.73. The lowest BCUT2D eigenvalue weighted by molar-refractivity contribution is -0.129. The Labute approximate surface area is 141 Å². The summed E-state index contributed by atoms with van der Waals surface area (Å²) in [6.45, 7) is 5.00. The SMILES string of the molecule is CNS(=O)(=O)c1cc(C(=O)OC(C)C(=O)NC(C)C)ccc1OC. The summed E-state index contributed by atoms with van der Waals surface area (Å²) < 4.78 is 36.2. The summed E-state index contributed by atoms with van der Waals surface area (Å²) in [5.74, 6) is -1.15. The van der Waals surface area contributed by atoms with Crippen LogP contribution in [0.25, 0.3) is 0 Å². The Morgan fingerprint density at radius 1 is 1.17 bits per heavy atom. The summed E-state index contributed by atoms with van der Waals surface area (Å²) in [5, 5.41) is 2.62. The third-order valence-electron chi connectivity index (χ3n) is 3.04. The van der Waals surface area contributed by atoms with Crippen LogP contribution in [0.1, 0.15) is 31.1 Å². The molecule has 1 unspecified atom stereocenters. The minimum absolute atomic E-state index is 0.00572. The van der Waals surface area contributed by atoms with Crippen LogP contribution in [-0.4, -0.2) is 46.6 Å². The van der Waals surface area contributed by atoms with Crippen molar-refractivity contribution in [2.24, 2.45) is 0 Å². The molecule has 1 amide bonds. The van der Waals surface area contributed by atoms with E-state index in [4.69, 9.17) is 9.47 Å². The van der Waals surface area contributed by atoms with Gasteiger partial charge in [-0.05, 0) is 46.0 Å². The minimum atomic E-state index is -3.82. The molecule has 0 bridgehead atoms. The first-order valence-corrected chi connectivity index (χ1v) is 8.73. The fraction of sp³-hybridized carbons (Fsp3) is 0.467. The van der Waals surface area contributed by atoms with Crippen molar-refractivity contribution in [3.8, 4) is 5.75 Å². The standard InChI is InChI=1S/C15H22N2O6S/c1-9(2)17-14(18)10(3)23-15(19)11-6-7-12(22-5)13(8-11)24(20,21)16-4/h6-10,16H,1-5H3,(H,17,18). The summed E-state index contributed by atoms with van der Waals surface area (Å²) in [6, 6.07) is 3.76. The smallest absolute Gasteiger partial charge is 0.338 e. The quantitative estimate of drug-likeness (QED) is 0.693. The molecule has 134 valence electrons. The summed E-state index contributed by atoms with van der Waals surface area (Å²) in [4.78, 5) is 23.7. The van der Waals surface area contributed by atoms with Crippen molar-refractivity contribution in [3.05, 3.63) is 23.8 Å². The van der Waals surface area contributed by atoms with E-state index >= 15 is 0 Å². The number of hydrogen-bond donors (Lipinski definition) is 2. The van der Waals surface area contributed by atoms with Gasteiger partial charge in [0.2, 0.25) is 10.0 Å². The Balaban J connectivity index is 3.04. The maximum Gasteiger partial charge on any atom is 0.338 e. The Morgan fingerprint density at radius 2 is 1.79 bits per heavy atom. The molecule has 0 saturated heterocycles. The average Bonchev–Trinajstić information content (AvgIpc) is 2.53. The predicted molar refractivity (Wildman–Crippen MR) is 87.4 cm³/mol. The van der Waals surface area contributed by atoms with Crippen LogP contribution in [0, 0.1) is 0 Å². The van der Waals surface area contributed by atoms with Gasteiger partial charge >= 0.3 is 5.97 Å². The van der Waals surface area contributed by atoms with Crippen molar-refractivity contribution < 1.29 is 27.5 Å². The van der Waals surface area contributed by atoms with Crippen LogP contribution < -0.4 is 14.8 Å². The molecule has 1 rings (SSSR count). The third kappa shape index (κ3) is 4.93. The molecule has 0 radical (unpaired) electrons. The van der Waals surface area contributed by atoms with Crippen molar-refractivity contribution in [3.63, 3.8) is 0 Å². The van der Waals surface area contributed by atoms with E-state index in [1.165, 1.54) is 33.2 Å². The molecule has 0 spiro atoms. The summed E-state index contributed by atoms with van der Waals surface area (Å²) in [7, 11) is -1.25. The maximum atomic E-state index is 12.2. The van der Waals surface area contributed by atoms with E-state index in [1.54, 1.807) is 13.8 Å². The molecule has 2 N–H and O–H groups in total. The number of carbonyl (C=O) groups is 2. The highest BCUT2D eigenvalue weighted by Gasteiger charge is 2.23. The van der Waals surface area contributed by atoms with E-state index in [1.807, 2.05) is 0 Å². The van der Waals surface area contributed by atoms with E-state index < -0.39 is 28.0 Å². The Morgan fingerprint density at radius 3 is 2.29 bits per heavy atom. The van der Waals surface area contributed by atoms with Gasteiger partial charge in [0.1, 0.15) is 10.6 Å². The number of carbonyl (C=O) groups excluding carboxylic acids is 2. The van der Waals surface area contributed by atoms with Gasteiger partial charge in [0.05, 0.1) is 12.7 Å². The maximum absolute atomic E-state index is 12.2. The molecule has 0 saturated carbocycles. The van der Waals surface area contributed by atoms with E-state index in [-0.39, 0.29) is 22.3 Å². The van der Waals surface area contributed by atoms with Gasteiger partial charge in [-0.3, -0.25) is 4.79 Å². The van der Waals surface area contributed by atoms with Crippen LogP contribution >= 0.6 is 0 Å². The molecular formula is C15H22N2O6S. The van der Waals surface area contributed by atoms with Gasteiger partial charge in [-0.15, -0.1) is 0 Å². The van der Waals surface area contributed by atoms with Crippen LogP contribution in [0.15, 0.2) is 23.1 Å². The highest BCUT2D eigenvalue weighted by Crippen LogP contribution is 2.25. The lowest BCUT2D eigenvalue weighted by Gasteiger charge is -2.16. The zero-order valence-corrected chi connectivity index (χ0v) is 15.1. The highest BCUT2D eigenvalue weighted by molar-refractivity contribution is 7.89. The largest absolute Gasteiger partial charge is 0.495 e. The molecule has 9 heteroatoms. The topological polar surface area (TPSA) is 111 Å². The number of hydrogen-bond acceptors (Lipinski definition) is 6. The van der Waals surface area contributed by atoms with E-state index in [0.717, 1.165) is 6.07 Å². The Hall–Kier alpha value is -2.13. The summed E-state index contributed by atoms with van der Waals surface area (Å²) in [5.41, 5.74) is -0.00572. The van der Waals surface area contributed by atoms with E-state index in [2.05, 4.69) is 10.0 Å². The van der Waals surface area contributed by atoms with Crippen LogP contribution in [0.5, 0.6) is 5.75 Å². The van der Waals surface area contributed by atoms with E-state index in [9.17, 15) is 18.0 Å². The molecule has 1 aromatic carbocycles. The monoisotopic (exact) mass is 358 g/mol. The van der Waals surface area contributed by atoms with Gasteiger partial charge < -0.3 is 14.8 Å². The van der Waals surface area contributed by atoms with E-state index in [0.29, 0.717) is 0 Å². The molecule has 1 aromatic rings. The molecule has 0 fully saturated rings. The summed E-state index contributed by atoms with van der Waals surface area (Å²) >= 11 is 0. The first-order chi connectivity index (χ1) is 11.1. The van der Waals surface area contributed by atoms with Crippen molar-refractivity contribution in [2.75, 3.05) is 14.2 Å². The molecule has 24 heavy (non-hydrogen) atoms. The zero-order valence-electron chi connectivity index (χ0n) is 14.2. The summed E-state index contributed by atoms with van der Waals surface area (Å²) in [6.07, 6.45) is -1.01. The number of esters is 1. The van der Waals surface area contributed by atoms with Gasteiger partial charge in [-0.2, -0.15) is 0 Å². The molecule has 0 aliphatic carbocycles. The van der Waals surface area contributed by atoms with Gasteiger partial charge in [-0.25, -0.2) is 17.9 Å². The fourth-order valence-electron chi connectivity index (χ4n) is 1.81. The average molecular weight is 358 g/mol. The molecule has 0 aliphatic heterocycles. The molecular weight excluding hydrogens is 336 g/mol. The van der Waals surface area contributed by atoms with Crippen LogP contribution in [-0.2, 0) is 19.6 Å². The van der Waals surface area contributed by atoms with Crippen molar-refractivity contribution >= 4 is 21.9 Å². The normalized spacial score (nSPS) is 12.6. The van der Waals surface area contributed by atoms with Crippen molar-refractivity contribution in [1.29, 1.82) is 0 Å². The van der Waals surface area contributed by atoms with Crippen molar-refractivity contribution in [1.82, 2.24) is 10.0 Å². The second-order valence-corrected chi connectivity index (χ2v) is 7.14. The highest BCUT2D eigenvalue weighted by atomic mass is 32.2. The number of amides is 1. The van der Waals surface area contributed by atoms with Crippen molar-refractivity contribution in [2.45, 2.75) is 37.8 Å². The molecule has 8 nitrogen and oxygen atoms in total. The minimum Gasteiger partial charge on any atom is -0.495 e. The van der Waals surface area contributed by atoms with Crippen LogP contribution in [0.4, 0.5) is 0 Å². The number of ether oxygens (including phenoxy) is 2. The zero-order chi connectivity index (χ0) is 18.5. The first-order valence-electron chi connectivity index (χ1n) is 7.25. The molecule has 0 aliphatic rings. The van der Waals surface area contributed by atoms with Gasteiger partial charge in [0.15, 0.2) is 6.10 Å². The number of benzene rings is 1. The lowest BCUT2D eigenvalue weighted by atomic mass is 10.2. The number of methoxy groups -OCH3 is 1. The predicted octanol–water partition coefficient (Wildman–Crippen LogP) is 0.673. The Bertz CT molecular complexity index is 715. The second kappa shape index (κ2) is 8.11. The number of nitrogens with one attached hydrogen (secondary N) is 2. The second-order valence-electron chi connectivity index (χ2n) is 5.28. The van der Waals surface area contributed by atoms with Gasteiger partial charge in [0.25, 0.3) is 5.91 Å². The first kappa shape index (κ1) is 19.9. The molecule has 0 aromatic heterocycles. The fourth-order valence-corrected chi connectivity index (χ4v) is 2.73. The van der Waals surface area contributed by atoms with Gasteiger partial charge in [0, 0.05) is 6.04 Å². The van der Waals surface area contributed by atoms with Gasteiger partial charge in [-0.1, -0.05) is 0 Å². The molecule has 1 atom stereocenters. The third-order valence-corrected chi connectivity index (χ3v) is 4.48. The molecule has 0 heterocycles. The number of rotatable bonds is 7. The lowest BCUT2D eigenvalue weighted by Crippen LogP contribution is -2.39. The van der Waals surface area contributed by atoms with Crippen LogP contribution in [0.3, 0.4) is 0 Å². The number of sulfonamides is 1.